The number of pyridine rings is 1. The van der Waals surface area contributed by atoms with Gasteiger partial charge in [-0.05, 0) is 93.4 Å². The molecule has 6 heteroatoms. The van der Waals surface area contributed by atoms with Gasteiger partial charge in [-0.3, -0.25) is 0 Å². The standard InChI is InChI=1S/C42H45N4S2/c1-43(2)41-21-17-35-29-33(11-15-37(35)31-41)13-19-39-9-5-7-23-45(39)25-27-47-48-28-26-46-24-8-6-10-40(46)20-14-34-12-16-38-32-42(44(3)4)22-18-36(38)30-34/h5-23,29-32H,24-28H2,1-4H3/q+1/b20-14+. The number of rotatable bonds is 13. The van der Waals surface area contributed by atoms with Crippen molar-refractivity contribution in [2.75, 3.05) is 62.6 Å². The third-order valence-electron chi connectivity index (χ3n) is 8.63. The predicted molar refractivity (Wildman–Crippen MR) is 215 cm³/mol. The molecule has 0 fully saturated rings. The summed E-state index contributed by atoms with van der Waals surface area (Å²) in [6.45, 7) is 2.96. The molecule has 0 bridgehead atoms. The topological polar surface area (TPSA) is 13.6 Å². The lowest BCUT2D eigenvalue weighted by Crippen LogP contribution is -2.37. The second kappa shape index (κ2) is 16.1. The highest BCUT2D eigenvalue weighted by molar-refractivity contribution is 8.76. The van der Waals surface area contributed by atoms with Gasteiger partial charge in [0.2, 0.25) is 5.69 Å². The molecule has 2 heterocycles. The fourth-order valence-corrected chi connectivity index (χ4v) is 7.78. The first-order valence-electron chi connectivity index (χ1n) is 16.6. The molecule has 6 rings (SSSR count). The van der Waals surface area contributed by atoms with Crippen molar-refractivity contribution in [3.63, 3.8) is 0 Å². The molecule has 0 N–H and O–H groups in total. The van der Waals surface area contributed by atoms with E-state index in [2.05, 4.69) is 187 Å². The fraction of sp³-hybridized carbons (Fsp3) is 0.214. The Morgan fingerprint density at radius 1 is 0.667 bits per heavy atom. The van der Waals surface area contributed by atoms with Crippen LogP contribution in [-0.4, -0.2) is 57.7 Å². The Bertz CT molecular complexity index is 1990. The Kier molecular flexibility index (Phi) is 11.3. The zero-order valence-corrected chi connectivity index (χ0v) is 30.1. The van der Waals surface area contributed by atoms with Crippen LogP contribution in [0.25, 0.3) is 39.8 Å². The Morgan fingerprint density at radius 2 is 1.27 bits per heavy atom. The average molecular weight is 670 g/mol. The summed E-state index contributed by atoms with van der Waals surface area (Å²) >= 11 is 0. The third kappa shape index (κ3) is 8.74. The summed E-state index contributed by atoms with van der Waals surface area (Å²) in [7, 11) is 12.3. The molecule has 1 aliphatic rings. The Balaban J connectivity index is 0.977. The zero-order valence-electron chi connectivity index (χ0n) is 28.4. The summed E-state index contributed by atoms with van der Waals surface area (Å²) in [5.41, 5.74) is 7.38. The number of benzene rings is 4. The summed E-state index contributed by atoms with van der Waals surface area (Å²) in [6, 6.07) is 33.1. The van der Waals surface area contributed by atoms with Crippen LogP contribution in [0.1, 0.15) is 16.8 Å². The third-order valence-corrected chi connectivity index (χ3v) is 11.0. The summed E-state index contributed by atoms with van der Waals surface area (Å²) in [6.07, 6.45) is 17.8. The maximum atomic E-state index is 2.47. The highest BCUT2D eigenvalue weighted by Gasteiger charge is 2.10. The van der Waals surface area contributed by atoms with Gasteiger partial charge >= 0.3 is 0 Å². The molecule has 1 aromatic heterocycles. The van der Waals surface area contributed by atoms with Crippen LogP contribution in [0.15, 0.2) is 127 Å². The first kappa shape index (κ1) is 33.5. The van der Waals surface area contributed by atoms with Crippen LogP contribution < -0.4 is 14.4 Å². The van der Waals surface area contributed by atoms with Crippen LogP contribution in [0.2, 0.25) is 0 Å². The van der Waals surface area contributed by atoms with Crippen molar-refractivity contribution >= 4 is 72.7 Å². The van der Waals surface area contributed by atoms with Crippen molar-refractivity contribution in [1.82, 2.24) is 4.90 Å². The van der Waals surface area contributed by atoms with Gasteiger partial charge in [-0.1, -0.05) is 76.2 Å². The second-order valence-electron chi connectivity index (χ2n) is 12.5. The van der Waals surface area contributed by atoms with Crippen LogP contribution in [0.3, 0.4) is 0 Å². The lowest BCUT2D eigenvalue weighted by atomic mass is 10.1. The van der Waals surface area contributed by atoms with E-state index < -0.39 is 0 Å². The lowest BCUT2D eigenvalue weighted by molar-refractivity contribution is -0.694. The first-order valence-corrected chi connectivity index (χ1v) is 19.0. The van der Waals surface area contributed by atoms with Crippen molar-refractivity contribution in [3.05, 3.63) is 144 Å². The first-order chi connectivity index (χ1) is 23.4. The molecule has 1 aliphatic heterocycles. The van der Waals surface area contributed by atoms with Crippen molar-refractivity contribution in [3.8, 4) is 0 Å². The number of hydrogen-bond acceptors (Lipinski definition) is 5. The highest BCUT2D eigenvalue weighted by Crippen LogP contribution is 2.26. The Labute approximate surface area is 294 Å². The Hall–Kier alpha value is -4.39. The SMILES string of the molecule is CN(C)c1ccc2cc(/C=C/C3=CC=CCN3CCSSCC[n+]3ccccc3/C=C/c3ccc4cc(N(C)C)ccc4c3)ccc2c1. The molecule has 0 saturated carbocycles. The van der Waals surface area contributed by atoms with Crippen molar-refractivity contribution < 1.29 is 4.57 Å². The van der Waals surface area contributed by atoms with Crippen molar-refractivity contribution in [2.45, 2.75) is 6.54 Å². The monoisotopic (exact) mass is 669 g/mol. The van der Waals surface area contributed by atoms with E-state index in [1.165, 1.54) is 55.4 Å². The van der Waals surface area contributed by atoms with E-state index in [9.17, 15) is 0 Å². The van der Waals surface area contributed by atoms with E-state index in [1.54, 1.807) is 0 Å². The van der Waals surface area contributed by atoms with Crippen molar-refractivity contribution in [2.24, 2.45) is 0 Å². The van der Waals surface area contributed by atoms with E-state index in [0.717, 1.165) is 31.1 Å². The molecule has 244 valence electrons. The molecule has 4 aromatic carbocycles. The van der Waals surface area contributed by atoms with Gasteiger partial charge in [0, 0.05) is 82.3 Å². The van der Waals surface area contributed by atoms with Crippen LogP contribution in [0, 0.1) is 0 Å². The maximum absolute atomic E-state index is 2.47. The summed E-state index contributed by atoms with van der Waals surface area (Å²) < 4.78 is 2.35. The minimum atomic E-state index is 0.955. The lowest BCUT2D eigenvalue weighted by Gasteiger charge is -2.26. The average Bonchev–Trinajstić information content (AvgIpc) is 3.11. The predicted octanol–water partition coefficient (Wildman–Crippen LogP) is 9.43. The smallest absolute Gasteiger partial charge is 0.205 e. The molecule has 0 saturated heterocycles. The quantitative estimate of drug-likeness (QED) is 0.0702. The molecule has 5 aromatic rings. The van der Waals surface area contributed by atoms with E-state index in [-0.39, 0.29) is 0 Å². The summed E-state index contributed by atoms with van der Waals surface area (Å²) in [4.78, 5) is 6.76. The van der Waals surface area contributed by atoms with Gasteiger partial charge in [0.05, 0.1) is 5.75 Å². The normalized spacial score (nSPS) is 13.2. The molecule has 4 nitrogen and oxygen atoms in total. The Morgan fingerprint density at radius 3 is 1.94 bits per heavy atom. The van der Waals surface area contributed by atoms with Crippen LogP contribution in [0.5, 0.6) is 0 Å². The van der Waals surface area contributed by atoms with Crippen LogP contribution >= 0.6 is 21.6 Å². The number of hydrogen-bond donors (Lipinski definition) is 0. The van der Waals surface area contributed by atoms with Gasteiger partial charge in [0.15, 0.2) is 12.7 Å². The van der Waals surface area contributed by atoms with Gasteiger partial charge in [-0.15, -0.1) is 0 Å². The van der Waals surface area contributed by atoms with Gasteiger partial charge in [0.25, 0.3) is 0 Å². The van der Waals surface area contributed by atoms with Gasteiger partial charge in [-0.25, -0.2) is 0 Å². The van der Waals surface area contributed by atoms with E-state index in [4.69, 9.17) is 0 Å². The molecule has 48 heavy (non-hydrogen) atoms. The number of aryl methyl sites for hydroxylation is 1. The zero-order chi connectivity index (χ0) is 33.3. The minimum absolute atomic E-state index is 0.955. The molecule has 0 unspecified atom stereocenters. The van der Waals surface area contributed by atoms with E-state index >= 15 is 0 Å². The number of nitrogens with zero attached hydrogens (tertiary/aromatic N) is 4. The van der Waals surface area contributed by atoms with Gasteiger partial charge < -0.3 is 14.7 Å². The number of allylic oxidation sites excluding steroid dienone is 3. The minimum Gasteiger partial charge on any atom is -0.378 e. The van der Waals surface area contributed by atoms with Gasteiger partial charge in [-0.2, -0.15) is 4.57 Å². The second-order valence-corrected chi connectivity index (χ2v) is 15.2. The maximum Gasteiger partial charge on any atom is 0.205 e. The van der Waals surface area contributed by atoms with Crippen LogP contribution in [0.4, 0.5) is 11.4 Å². The van der Waals surface area contributed by atoms with Crippen LogP contribution in [-0.2, 0) is 6.54 Å². The summed E-state index contributed by atoms with van der Waals surface area (Å²) in [5, 5.41) is 5.07. The molecule has 0 spiro atoms. The number of anilines is 2. The largest absolute Gasteiger partial charge is 0.378 e. The van der Waals surface area contributed by atoms with E-state index in [1.807, 2.05) is 21.6 Å². The molecule has 0 radical (unpaired) electrons. The molecule has 0 aliphatic carbocycles. The van der Waals surface area contributed by atoms with E-state index in [0.29, 0.717) is 0 Å². The molecule has 0 atom stereocenters. The number of aromatic nitrogens is 1. The van der Waals surface area contributed by atoms with Crippen molar-refractivity contribution in [1.29, 1.82) is 0 Å². The molecule has 0 amide bonds. The summed E-state index contributed by atoms with van der Waals surface area (Å²) in [5.74, 6) is 2.14. The van der Waals surface area contributed by atoms with Gasteiger partial charge in [0.1, 0.15) is 0 Å². The number of fused-ring (bicyclic) bond motifs is 2. The molecular weight excluding hydrogens is 625 g/mol. The molecular formula is C42H45N4S2+. The highest BCUT2D eigenvalue weighted by atomic mass is 33.1. The fourth-order valence-electron chi connectivity index (χ4n) is 5.82.